The number of halogens is 3. The van der Waals surface area contributed by atoms with E-state index in [0.29, 0.717) is 11.0 Å². The lowest BCUT2D eigenvalue weighted by atomic mass is 10.1. The molecule has 1 heterocycles. The first-order valence-electron chi connectivity index (χ1n) is 4.28. The van der Waals surface area contributed by atoms with E-state index in [4.69, 9.17) is 10.2 Å². The molecule has 0 aliphatic carbocycles. The average Bonchev–Trinajstić information content (AvgIpc) is 2.61. The molecule has 5 heteroatoms. The summed E-state index contributed by atoms with van der Waals surface area (Å²) in [6.07, 6.45) is -3.00. The number of rotatable bonds is 1. The van der Waals surface area contributed by atoms with Crippen LogP contribution in [0.15, 0.2) is 34.9 Å². The van der Waals surface area contributed by atoms with Crippen LogP contribution in [0.2, 0.25) is 0 Å². The van der Waals surface area contributed by atoms with Crippen LogP contribution in [0.4, 0.5) is 13.2 Å². The van der Waals surface area contributed by atoms with Crippen molar-refractivity contribution in [3.05, 3.63) is 36.1 Å². The van der Waals surface area contributed by atoms with Gasteiger partial charge in [-0.05, 0) is 23.8 Å². The summed E-state index contributed by atoms with van der Waals surface area (Å²) in [5.41, 5.74) is 5.66. The fourth-order valence-electron chi connectivity index (χ4n) is 1.37. The standard InChI is InChI=1S/C10H8F3NO/c11-10(12,13)9(14)7-1-2-8-6(5-7)3-4-15-8/h1-5,9H,14H2/t9-/m1/s1. The lowest BCUT2D eigenvalue weighted by molar-refractivity contribution is -0.149. The van der Waals surface area contributed by atoms with Crippen LogP contribution in [-0.4, -0.2) is 6.18 Å². The third kappa shape index (κ3) is 1.83. The summed E-state index contributed by atoms with van der Waals surface area (Å²) in [7, 11) is 0. The van der Waals surface area contributed by atoms with Crippen molar-refractivity contribution in [2.45, 2.75) is 12.2 Å². The molecule has 2 N–H and O–H groups in total. The van der Waals surface area contributed by atoms with Gasteiger partial charge in [-0.3, -0.25) is 0 Å². The molecule has 2 rings (SSSR count). The molecule has 1 aromatic heterocycles. The minimum atomic E-state index is -4.42. The van der Waals surface area contributed by atoms with Crippen molar-refractivity contribution in [3.63, 3.8) is 0 Å². The summed E-state index contributed by atoms with van der Waals surface area (Å²) >= 11 is 0. The molecule has 0 fully saturated rings. The van der Waals surface area contributed by atoms with Crippen LogP contribution in [0, 0.1) is 0 Å². The average molecular weight is 215 g/mol. The molecule has 0 aliphatic rings. The molecule has 0 aliphatic heterocycles. The largest absolute Gasteiger partial charge is 0.464 e. The van der Waals surface area contributed by atoms with Crippen molar-refractivity contribution in [1.82, 2.24) is 0 Å². The Labute approximate surface area is 83.5 Å². The van der Waals surface area contributed by atoms with Crippen LogP contribution in [0.3, 0.4) is 0 Å². The van der Waals surface area contributed by atoms with E-state index >= 15 is 0 Å². The SMILES string of the molecule is N[C@H](c1ccc2occc2c1)C(F)(F)F. The summed E-state index contributed by atoms with van der Waals surface area (Å²) in [4.78, 5) is 0. The highest BCUT2D eigenvalue weighted by molar-refractivity contribution is 5.77. The first-order valence-corrected chi connectivity index (χ1v) is 4.28. The van der Waals surface area contributed by atoms with E-state index < -0.39 is 12.2 Å². The molecule has 0 unspecified atom stereocenters. The molecule has 0 spiro atoms. The van der Waals surface area contributed by atoms with Gasteiger partial charge in [-0.15, -0.1) is 0 Å². The molecule has 1 aromatic carbocycles. The van der Waals surface area contributed by atoms with Crippen molar-refractivity contribution in [1.29, 1.82) is 0 Å². The van der Waals surface area contributed by atoms with Crippen LogP contribution in [0.25, 0.3) is 11.0 Å². The van der Waals surface area contributed by atoms with Gasteiger partial charge in [-0.25, -0.2) is 0 Å². The Hall–Kier alpha value is -1.49. The second-order valence-corrected chi connectivity index (χ2v) is 3.24. The zero-order valence-corrected chi connectivity index (χ0v) is 7.58. The van der Waals surface area contributed by atoms with Gasteiger partial charge in [0.25, 0.3) is 0 Å². The Kier molecular flexibility index (Phi) is 2.19. The van der Waals surface area contributed by atoms with Gasteiger partial charge in [0.1, 0.15) is 11.6 Å². The lowest BCUT2D eigenvalue weighted by Gasteiger charge is -2.15. The number of nitrogens with two attached hydrogens (primary N) is 1. The number of fused-ring (bicyclic) bond motifs is 1. The molecule has 1 atom stereocenters. The van der Waals surface area contributed by atoms with E-state index in [1.54, 1.807) is 6.07 Å². The van der Waals surface area contributed by atoms with Crippen LogP contribution >= 0.6 is 0 Å². The minimum Gasteiger partial charge on any atom is -0.464 e. The number of alkyl halides is 3. The first kappa shape index (κ1) is 10.0. The third-order valence-corrected chi connectivity index (χ3v) is 2.19. The molecular weight excluding hydrogens is 207 g/mol. The van der Waals surface area contributed by atoms with Gasteiger partial charge in [-0.1, -0.05) is 6.07 Å². The Balaban J connectivity index is 2.44. The molecule has 0 amide bonds. The molecule has 2 nitrogen and oxygen atoms in total. The molecule has 2 aromatic rings. The fourth-order valence-corrected chi connectivity index (χ4v) is 1.37. The summed E-state index contributed by atoms with van der Waals surface area (Å²) in [5.74, 6) is 0. The van der Waals surface area contributed by atoms with Gasteiger partial charge in [0.2, 0.25) is 0 Å². The summed E-state index contributed by atoms with van der Waals surface area (Å²) in [6.45, 7) is 0. The molecule has 15 heavy (non-hydrogen) atoms. The maximum atomic E-state index is 12.3. The van der Waals surface area contributed by atoms with Gasteiger partial charge < -0.3 is 10.2 Å². The van der Waals surface area contributed by atoms with E-state index in [0.717, 1.165) is 0 Å². The predicted molar refractivity (Wildman–Crippen MR) is 49.2 cm³/mol. The van der Waals surface area contributed by atoms with Crippen molar-refractivity contribution in [3.8, 4) is 0 Å². The van der Waals surface area contributed by atoms with Gasteiger partial charge in [0, 0.05) is 5.39 Å². The molecule has 0 saturated carbocycles. The van der Waals surface area contributed by atoms with E-state index in [9.17, 15) is 13.2 Å². The highest BCUT2D eigenvalue weighted by atomic mass is 19.4. The highest BCUT2D eigenvalue weighted by Gasteiger charge is 2.37. The number of hydrogen-bond acceptors (Lipinski definition) is 2. The summed E-state index contributed by atoms with van der Waals surface area (Å²) in [5, 5.41) is 0.618. The van der Waals surface area contributed by atoms with Crippen molar-refractivity contribution in [2.24, 2.45) is 5.73 Å². The molecule has 0 radical (unpaired) electrons. The van der Waals surface area contributed by atoms with Crippen LogP contribution in [0.5, 0.6) is 0 Å². The highest BCUT2D eigenvalue weighted by Crippen LogP contribution is 2.31. The molecule has 80 valence electrons. The second-order valence-electron chi connectivity index (χ2n) is 3.24. The molecule has 0 bridgehead atoms. The van der Waals surface area contributed by atoms with Gasteiger partial charge in [0.05, 0.1) is 6.26 Å². The third-order valence-electron chi connectivity index (χ3n) is 2.19. The van der Waals surface area contributed by atoms with Crippen LogP contribution in [-0.2, 0) is 0 Å². The Morgan fingerprint density at radius 2 is 1.93 bits per heavy atom. The normalized spacial score (nSPS) is 14.4. The smallest absolute Gasteiger partial charge is 0.407 e. The lowest BCUT2D eigenvalue weighted by Crippen LogP contribution is -2.28. The Bertz CT molecular complexity index is 475. The number of benzene rings is 1. The number of hydrogen-bond donors (Lipinski definition) is 1. The van der Waals surface area contributed by atoms with E-state index in [1.807, 2.05) is 0 Å². The van der Waals surface area contributed by atoms with Crippen molar-refractivity contribution < 1.29 is 17.6 Å². The maximum absolute atomic E-state index is 12.3. The zero-order valence-electron chi connectivity index (χ0n) is 7.58. The first-order chi connectivity index (χ1) is 6.98. The fraction of sp³-hybridized carbons (Fsp3) is 0.200. The Morgan fingerprint density at radius 1 is 1.20 bits per heavy atom. The van der Waals surface area contributed by atoms with Crippen LogP contribution in [0.1, 0.15) is 11.6 Å². The van der Waals surface area contributed by atoms with Crippen molar-refractivity contribution in [2.75, 3.05) is 0 Å². The zero-order chi connectivity index (χ0) is 11.1. The van der Waals surface area contributed by atoms with Crippen LogP contribution < -0.4 is 5.73 Å². The van der Waals surface area contributed by atoms with E-state index in [-0.39, 0.29) is 5.56 Å². The van der Waals surface area contributed by atoms with Gasteiger partial charge in [-0.2, -0.15) is 13.2 Å². The van der Waals surface area contributed by atoms with Gasteiger partial charge in [0.15, 0.2) is 0 Å². The quantitative estimate of drug-likeness (QED) is 0.794. The molecule has 0 saturated heterocycles. The van der Waals surface area contributed by atoms with Crippen molar-refractivity contribution >= 4 is 11.0 Å². The van der Waals surface area contributed by atoms with E-state index in [2.05, 4.69) is 0 Å². The Morgan fingerprint density at radius 3 is 2.60 bits per heavy atom. The topological polar surface area (TPSA) is 39.2 Å². The monoisotopic (exact) mass is 215 g/mol. The summed E-state index contributed by atoms with van der Waals surface area (Å²) < 4.78 is 42.0. The minimum absolute atomic E-state index is 0.0383. The number of furan rings is 1. The summed E-state index contributed by atoms with van der Waals surface area (Å²) in [6, 6.07) is 3.84. The molecular formula is C10H8F3NO. The van der Waals surface area contributed by atoms with Gasteiger partial charge >= 0.3 is 6.18 Å². The van der Waals surface area contributed by atoms with E-state index in [1.165, 1.54) is 24.5 Å². The predicted octanol–water partition coefficient (Wildman–Crippen LogP) is 2.99. The second kappa shape index (κ2) is 3.27. The maximum Gasteiger partial charge on any atom is 0.407 e.